The van der Waals surface area contributed by atoms with Gasteiger partial charge in [-0.25, -0.2) is 17.8 Å². The Bertz CT molecular complexity index is 642. The zero-order valence-electron chi connectivity index (χ0n) is 8.22. The van der Waals surface area contributed by atoms with Crippen LogP contribution in [0.1, 0.15) is 0 Å². The van der Waals surface area contributed by atoms with Crippen LogP contribution in [-0.4, -0.2) is 13.4 Å². The van der Waals surface area contributed by atoms with E-state index in [1.807, 2.05) is 0 Å². The third-order valence-corrected chi connectivity index (χ3v) is 4.30. The number of sulfonamides is 1. The second-order valence-electron chi connectivity index (χ2n) is 3.03. The van der Waals surface area contributed by atoms with Crippen LogP contribution in [0.15, 0.2) is 35.4 Å². The van der Waals surface area contributed by atoms with Crippen molar-refractivity contribution in [3.8, 4) is 0 Å². The summed E-state index contributed by atoms with van der Waals surface area (Å²) in [4.78, 5) is 3.59. The third kappa shape index (κ3) is 2.93. The van der Waals surface area contributed by atoms with Gasteiger partial charge in [0.25, 0.3) is 10.0 Å². The fourth-order valence-electron chi connectivity index (χ4n) is 1.11. The first-order valence-electron chi connectivity index (χ1n) is 4.37. The van der Waals surface area contributed by atoms with E-state index in [1.54, 1.807) is 0 Å². The molecule has 0 aliphatic rings. The third-order valence-electron chi connectivity index (χ3n) is 1.81. The van der Waals surface area contributed by atoms with Crippen LogP contribution >= 0.6 is 22.9 Å². The van der Waals surface area contributed by atoms with Crippen LogP contribution in [0.25, 0.3) is 0 Å². The predicted octanol–water partition coefficient (Wildman–Crippen LogP) is 2.74. The second-order valence-corrected chi connectivity index (χ2v) is 6.38. The fourth-order valence-corrected chi connectivity index (χ4v) is 3.19. The van der Waals surface area contributed by atoms with Gasteiger partial charge >= 0.3 is 0 Å². The summed E-state index contributed by atoms with van der Waals surface area (Å²) in [5, 5.41) is 0.138. The highest BCUT2D eigenvalue weighted by Gasteiger charge is 2.16. The Hall–Kier alpha value is -1.18. The number of benzene rings is 1. The highest BCUT2D eigenvalue weighted by atomic mass is 35.5. The Morgan fingerprint density at radius 2 is 2.18 bits per heavy atom. The van der Waals surface area contributed by atoms with Gasteiger partial charge in [-0.3, -0.25) is 4.72 Å². The first kappa shape index (κ1) is 12.3. The van der Waals surface area contributed by atoms with Crippen molar-refractivity contribution in [2.24, 2.45) is 0 Å². The molecule has 8 heteroatoms. The lowest BCUT2D eigenvalue weighted by Gasteiger charge is -2.04. The lowest BCUT2D eigenvalue weighted by molar-refractivity contribution is 0.595. The molecule has 0 atom stereocenters. The number of hydrogen-bond acceptors (Lipinski definition) is 4. The molecule has 2 aromatic rings. The molecule has 1 aromatic heterocycles. The van der Waals surface area contributed by atoms with Gasteiger partial charge < -0.3 is 0 Å². The Labute approximate surface area is 106 Å². The predicted molar refractivity (Wildman–Crippen MR) is 64.3 cm³/mol. The van der Waals surface area contributed by atoms with E-state index < -0.39 is 15.8 Å². The zero-order valence-corrected chi connectivity index (χ0v) is 10.6. The van der Waals surface area contributed by atoms with Crippen LogP contribution in [0.2, 0.25) is 4.34 Å². The van der Waals surface area contributed by atoms with Gasteiger partial charge in [0.15, 0.2) is 5.13 Å². The van der Waals surface area contributed by atoms with Crippen LogP contribution in [0, 0.1) is 5.82 Å². The van der Waals surface area contributed by atoms with Crippen LogP contribution < -0.4 is 4.72 Å². The lowest BCUT2D eigenvalue weighted by atomic mass is 10.4. The minimum atomic E-state index is -3.82. The molecule has 1 aromatic carbocycles. The van der Waals surface area contributed by atoms with Crippen LogP contribution in [0.5, 0.6) is 0 Å². The molecule has 0 saturated heterocycles. The summed E-state index contributed by atoms with van der Waals surface area (Å²) < 4.78 is 39.1. The molecular weight excluding hydrogens is 287 g/mol. The monoisotopic (exact) mass is 292 g/mol. The van der Waals surface area contributed by atoms with Crippen molar-refractivity contribution in [3.05, 3.63) is 40.6 Å². The molecule has 0 aliphatic carbocycles. The van der Waals surface area contributed by atoms with E-state index in [0.717, 1.165) is 17.4 Å². The van der Waals surface area contributed by atoms with E-state index in [2.05, 4.69) is 9.71 Å². The maximum Gasteiger partial charge on any atom is 0.263 e. The topological polar surface area (TPSA) is 59.1 Å². The van der Waals surface area contributed by atoms with Crippen molar-refractivity contribution in [1.82, 2.24) is 4.98 Å². The van der Waals surface area contributed by atoms with Gasteiger partial charge in [-0.15, -0.1) is 0 Å². The first-order valence-corrected chi connectivity index (χ1v) is 7.05. The van der Waals surface area contributed by atoms with Gasteiger partial charge in [0.2, 0.25) is 0 Å². The maximum atomic E-state index is 12.9. The lowest BCUT2D eigenvalue weighted by Crippen LogP contribution is -2.12. The molecule has 0 radical (unpaired) electrons. The average Bonchev–Trinajstić information content (AvgIpc) is 2.63. The zero-order chi connectivity index (χ0) is 12.5. The fraction of sp³-hybridized carbons (Fsp3) is 0. The molecule has 0 fully saturated rings. The number of nitrogens with zero attached hydrogens (tertiary/aromatic N) is 1. The number of hydrogen-bond donors (Lipinski definition) is 1. The van der Waals surface area contributed by atoms with Crippen molar-refractivity contribution >= 4 is 38.1 Å². The second kappa shape index (κ2) is 4.59. The summed E-state index contributed by atoms with van der Waals surface area (Å²) in [5.74, 6) is -0.620. The van der Waals surface area contributed by atoms with Gasteiger partial charge in [-0.05, 0) is 18.2 Å². The van der Waals surface area contributed by atoms with Crippen LogP contribution in [-0.2, 0) is 10.0 Å². The minimum Gasteiger partial charge on any atom is -0.255 e. The molecular formula is C9H6ClFN2O2S2. The van der Waals surface area contributed by atoms with Gasteiger partial charge in [0.05, 0.1) is 11.1 Å². The van der Waals surface area contributed by atoms with Crippen LogP contribution in [0.3, 0.4) is 0 Å². The van der Waals surface area contributed by atoms with Gasteiger partial charge in [0.1, 0.15) is 10.2 Å². The summed E-state index contributed by atoms with van der Waals surface area (Å²) in [6.45, 7) is 0. The Kier molecular flexibility index (Phi) is 3.32. The van der Waals surface area contributed by atoms with Crippen molar-refractivity contribution in [2.75, 3.05) is 4.72 Å². The summed E-state index contributed by atoms with van der Waals surface area (Å²) in [7, 11) is -3.82. The van der Waals surface area contributed by atoms with E-state index in [-0.39, 0.29) is 10.0 Å². The largest absolute Gasteiger partial charge is 0.263 e. The van der Waals surface area contributed by atoms with E-state index in [1.165, 1.54) is 24.4 Å². The Morgan fingerprint density at radius 1 is 1.41 bits per heavy atom. The number of rotatable bonds is 3. The van der Waals surface area contributed by atoms with Crippen molar-refractivity contribution in [3.63, 3.8) is 0 Å². The average molecular weight is 293 g/mol. The molecule has 17 heavy (non-hydrogen) atoms. The quantitative estimate of drug-likeness (QED) is 0.946. The summed E-state index contributed by atoms with van der Waals surface area (Å²) in [5.41, 5.74) is 0. The molecule has 0 spiro atoms. The standard InChI is InChI=1S/C9H6ClFN2O2S2/c10-8-5-12-9(16-8)13-17(14,15)7-3-1-2-6(11)4-7/h1-5H,(H,12,13). The molecule has 0 saturated carbocycles. The van der Waals surface area contributed by atoms with Crippen molar-refractivity contribution < 1.29 is 12.8 Å². The van der Waals surface area contributed by atoms with E-state index in [9.17, 15) is 12.8 Å². The van der Waals surface area contributed by atoms with Crippen molar-refractivity contribution in [1.29, 1.82) is 0 Å². The number of thiazole rings is 1. The summed E-state index contributed by atoms with van der Waals surface area (Å²) in [6.07, 6.45) is 1.33. The molecule has 90 valence electrons. The Morgan fingerprint density at radius 3 is 2.76 bits per heavy atom. The smallest absolute Gasteiger partial charge is 0.255 e. The molecule has 4 nitrogen and oxygen atoms in total. The van der Waals surface area contributed by atoms with E-state index in [0.29, 0.717) is 4.34 Å². The molecule has 1 heterocycles. The highest BCUT2D eigenvalue weighted by Crippen LogP contribution is 2.25. The molecule has 0 bridgehead atoms. The molecule has 1 N–H and O–H groups in total. The summed E-state index contributed by atoms with van der Waals surface area (Å²) in [6, 6.07) is 4.70. The Balaban J connectivity index is 2.31. The number of anilines is 1. The SMILES string of the molecule is O=S(=O)(Nc1ncc(Cl)s1)c1cccc(F)c1. The minimum absolute atomic E-state index is 0.138. The molecule has 0 unspecified atom stereocenters. The van der Waals surface area contributed by atoms with E-state index in [4.69, 9.17) is 11.6 Å². The van der Waals surface area contributed by atoms with Gasteiger partial charge in [-0.2, -0.15) is 0 Å². The van der Waals surface area contributed by atoms with Crippen LogP contribution in [0.4, 0.5) is 9.52 Å². The molecule has 0 aliphatic heterocycles. The van der Waals surface area contributed by atoms with Gasteiger partial charge in [-0.1, -0.05) is 29.0 Å². The molecule has 0 amide bonds. The number of aromatic nitrogens is 1. The number of halogens is 2. The maximum absolute atomic E-state index is 12.9. The molecule has 2 rings (SSSR count). The normalized spacial score (nSPS) is 11.4. The number of nitrogens with one attached hydrogen (secondary N) is 1. The highest BCUT2D eigenvalue weighted by molar-refractivity contribution is 7.93. The van der Waals surface area contributed by atoms with Gasteiger partial charge in [0, 0.05) is 0 Å². The summed E-state index contributed by atoms with van der Waals surface area (Å²) >= 11 is 6.61. The van der Waals surface area contributed by atoms with Crippen molar-refractivity contribution in [2.45, 2.75) is 4.90 Å². The van der Waals surface area contributed by atoms with E-state index >= 15 is 0 Å². The first-order chi connectivity index (χ1) is 7.97.